The Labute approximate surface area is 280 Å². The molecule has 0 radical (unpaired) electrons. The molecule has 12 nitrogen and oxygen atoms in total. The molecule has 5 heterocycles. The van der Waals surface area contributed by atoms with Gasteiger partial charge in [0.2, 0.25) is 11.8 Å². The van der Waals surface area contributed by atoms with Gasteiger partial charge in [-0.2, -0.15) is 0 Å². The van der Waals surface area contributed by atoms with E-state index in [2.05, 4.69) is 20.6 Å². The molecule has 244 valence electrons. The van der Waals surface area contributed by atoms with Gasteiger partial charge in [0.1, 0.15) is 35.0 Å². The number of benzene rings is 2. The van der Waals surface area contributed by atoms with Crippen molar-refractivity contribution < 1.29 is 28.6 Å². The second-order valence-electron chi connectivity index (χ2n) is 11.3. The van der Waals surface area contributed by atoms with Crippen molar-refractivity contribution in [1.82, 2.24) is 25.2 Å². The van der Waals surface area contributed by atoms with E-state index in [1.54, 1.807) is 36.8 Å². The van der Waals surface area contributed by atoms with Crippen LogP contribution in [-0.4, -0.2) is 77.1 Å². The van der Waals surface area contributed by atoms with Crippen molar-refractivity contribution in [1.29, 1.82) is 0 Å². The molecule has 0 saturated carbocycles. The molecule has 3 amide bonds. The summed E-state index contributed by atoms with van der Waals surface area (Å²) in [5.41, 5.74) is 5.04. The van der Waals surface area contributed by atoms with Gasteiger partial charge in [0.15, 0.2) is 0 Å². The third kappa shape index (κ3) is 6.68. The number of carbonyl (C=O) groups excluding carboxylic acids is 3. The second-order valence-corrected chi connectivity index (χ2v) is 12.4. The first kappa shape index (κ1) is 31.2. The predicted octanol–water partition coefficient (Wildman–Crippen LogP) is 4.70. The highest BCUT2D eigenvalue weighted by Crippen LogP contribution is 2.33. The van der Waals surface area contributed by atoms with Crippen LogP contribution in [0.2, 0.25) is 0 Å². The van der Waals surface area contributed by atoms with E-state index < -0.39 is 11.9 Å². The van der Waals surface area contributed by atoms with Crippen molar-refractivity contribution in [3.05, 3.63) is 84.2 Å². The normalized spacial score (nSPS) is 15.8. The van der Waals surface area contributed by atoms with Gasteiger partial charge < -0.3 is 24.4 Å². The maximum atomic E-state index is 12.9. The van der Waals surface area contributed by atoms with Crippen LogP contribution in [0, 0.1) is 0 Å². The number of methoxy groups -OCH3 is 1. The lowest BCUT2D eigenvalue weighted by Gasteiger charge is -2.29. The molecule has 1 saturated heterocycles. The second kappa shape index (κ2) is 13.8. The van der Waals surface area contributed by atoms with E-state index in [1.165, 1.54) is 4.90 Å². The Balaban J connectivity index is 0.852. The Morgan fingerprint density at radius 2 is 1.85 bits per heavy atom. The maximum Gasteiger partial charge on any atom is 0.255 e. The number of pyridine rings is 2. The smallest absolute Gasteiger partial charge is 0.255 e. The number of ether oxygens (including phenoxy) is 3. The zero-order valence-electron chi connectivity index (χ0n) is 26.1. The van der Waals surface area contributed by atoms with E-state index in [0.29, 0.717) is 50.6 Å². The highest BCUT2D eigenvalue weighted by atomic mass is 32.1. The summed E-state index contributed by atoms with van der Waals surface area (Å²) in [5.74, 6) is 1.22. The predicted molar refractivity (Wildman–Crippen MR) is 180 cm³/mol. The fourth-order valence-corrected chi connectivity index (χ4v) is 6.72. The number of carbonyl (C=O) groups is 3. The van der Waals surface area contributed by atoms with Crippen LogP contribution in [0.4, 0.5) is 5.82 Å². The Morgan fingerprint density at radius 3 is 2.69 bits per heavy atom. The summed E-state index contributed by atoms with van der Waals surface area (Å²) in [6, 6.07) is 18.4. The molecular weight excluding hydrogens is 632 g/mol. The fraction of sp³-hybridized carbons (Fsp3) is 0.257. The number of nitrogens with one attached hydrogen (secondary N) is 2. The van der Waals surface area contributed by atoms with E-state index in [0.717, 1.165) is 49.2 Å². The van der Waals surface area contributed by atoms with Crippen molar-refractivity contribution in [2.24, 2.45) is 0 Å². The van der Waals surface area contributed by atoms with E-state index in [1.807, 2.05) is 54.7 Å². The van der Waals surface area contributed by atoms with Crippen LogP contribution in [0.1, 0.15) is 28.8 Å². The summed E-state index contributed by atoms with van der Waals surface area (Å²) in [6.07, 6.45) is 4.16. The van der Waals surface area contributed by atoms with Crippen LogP contribution < -0.4 is 20.1 Å². The Bertz CT molecular complexity index is 2000. The molecule has 1 unspecified atom stereocenters. The molecule has 48 heavy (non-hydrogen) atoms. The van der Waals surface area contributed by atoms with E-state index in [-0.39, 0.29) is 18.2 Å². The topological polar surface area (TPSA) is 145 Å². The number of rotatable bonds is 12. The standard InChI is InChI=1S/C35H32N6O6S/c1-45-24-4-7-27-30(18-24)48-34(39-27)28-6-2-22(19-38-28)21-10-11-36-31(17-21)37-12-13-46-14-15-47-25-3-5-26-23(16-25)20-41(35(26)44)29-8-9-32(42)40-33(29)43/h2-7,10-11,16-19,29H,8-9,12-15,20H2,1H3,(H,36,37)(H,40,42,43). The third-order valence-corrected chi connectivity index (χ3v) is 9.26. The number of thiazole rings is 1. The number of amides is 3. The number of anilines is 1. The molecular formula is C35H32N6O6S. The van der Waals surface area contributed by atoms with Gasteiger partial charge in [-0.3, -0.25) is 24.7 Å². The molecule has 2 aliphatic heterocycles. The van der Waals surface area contributed by atoms with Gasteiger partial charge in [-0.15, -0.1) is 11.3 Å². The van der Waals surface area contributed by atoms with Gasteiger partial charge in [-0.25, -0.2) is 9.97 Å². The number of imide groups is 1. The highest BCUT2D eigenvalue weighted by Gasteiger charge is 2.39. The van der Waals surface area contributed by atoms with Crippen LogP contribution in [0.25, 0.3) is 32.0 Å². The Hall–Kier alpha value is -5.40. The van der Waals surface area contributed by atoms with Crippen molar-refractivity contribution >= 4 is 45.1 Å². The van der Waals surface area contributed by atoms with Gasteiger partial charge in [0.05, 0.1) is 36.2 Å². The molecule has 2 N–H and O–H groups in total. The SMILES string of the molecule is COc1ccc2nc(-c3ccc(-c4ccnc(NCCOCCOc5ccc6c(c5)CN(C5CCC(=O)NC5=O)C6=O)c4)cn3)sc2c1. The van der Waals surface area contributed by atoms with Gasteiger partial charge in [0.25, 0.3) is 5.91 Å². The van der Waals surface area contributed by atoms with Crippen molar-refractivity contribution in [2.75, 3.05) is 38.8 Å². The highest BCUT2D eigenvalue weighted by molar-refractivity contribution is 7.21. The lowest BCUT2D eigenvalue weighted by Crippen LogP contribution is -2.52. The van der Waals surface area contributed by atoms with Crippen LogP contribution in [0.3, 0.4) is 0 Å². The average molecular weight is 665 g/mol. The molecule has 2 aliphatic rings. The van der Waals surface area contributed by atoms with E-state index in [9.17, 15) is 14.4 Å². The minimum atomic E-state index is -0.641. The van der Waals surface area contributed by atoms with Crippen LogP contribution in [0.5, 0.6) is 11.5 Å². The number of piperidine rings is 1. The summed E-state index contributed by atoms with van der Waals surface area (Å²) < 4.78 is 18.0. The van der Waals surface area contributed by atoms with Crippen LogP contribution in [0.15, 0.2) is 73.1 Å². The Kier molecular flexibility index (Phi) is 8.95. The van der Waals surface area contributed by atoms with E-state index >= 15 is 0 Å². The number of hydrogen-bond donors (Lipinski definition) is 2. The lowest BCUT2D eigenvalue weighted by atomic mass is 10.0. The zero-order chi connectivity index (χ0) is 33.0. The zero-order valence-corrected chi connectivity index (χ0v) is 26.9. The first-order chi connectivity index (χ1) is 23.4. The summed E-state index contributed by atoms with van der Waals surface area (Å²) in [7, 11) is 1.65. The maximum absolute atomic E-state index is 12.9. The fourth-order valence-electron chi connectivity index (χ4n) is 5.75. The number of hydrogen-bond acceptors (Lipinski definition) is 11. The first-order valence-corrected chi connectivity index (χ1v) is 16.4. The molecule has 3 aromatic heterocycles. The molecule has 1 fully saturated rings. The summed E-state index contributed by atoms with van der Waals surface area (Å²) >= 11 is 1.58. The molecule has 0 bridgehead atoms. The monoisotopic (exact) mass is 664 g/mol. The molecule has 2 aromatic carbocycles. The van der Waals surface area contributed by atoms with Crippen molar-refractivity contribution in [3.63, 3.8) is 0 Å². The average Bonchev–Trinajstić information content (AvgIpc) is 3.68. The molecule has 0 spiro atoms. The number of fused-ring (bicyclic) bond motifs is 2. The van der Waals surface area contributed by atoms with Crippen LogP contribution >= 0.6 is 11.3 Å². The van der Waals surface area contributed by atoms with Gasteiger partial charge in [-0.1, -0.05) is 6.07 Å². The number of aromatic nitrogens is 3. The van der Waals surface area contributed by atoms with Gasteiger partial charge in [0, 0.05) is 43.0 Å². The minimum Gasteiger partial charge on any atom is -0.497 e. The van der Waals surface area contributed by atoms with Crippen molar-refractivity contribution in [3.8, 4) is 33.3 Å². The van der Waals surface area contributed by atoms with Crippen molar-refractivity contribution in [2.45, 2.75) is 25.4 Å². The third-order valence-electron chi connectivity index (χ3n) is 8.22. The largest absolute Gasteiger partial charge is 0.497 e. The van der Waals surface area contributed by atoms with Gasteiger partial charge >= 0.3 is 0 Å². The lowest BCUT2D eigenvalue weighted by molar-refractivity contribution is -0.136. The molecule has 0 aliphatic carbocycles. The van der Waals surface area contributed by atoms with Gasteiger partial charge in [-0.05, 0) is 72.1 Å². The molecule has 1 atom stereocenters. The molecule has 5 aromatic rings. The summed E-state index contributed by atoms with van der Waals surface area (Å²) in [4.78, 5) is 52.0. The minimum absolute atomic E-state index is 0.209. The van der Waals surface area contributed by atoms with Crippen LogP contribution in [-0.2, 0) is 20.9 Å². The molecule has 13 heteroatoms. The summed E-state index contributed by atoms with van der Waals surface area (Å²) in [5, 5.41) is 6.47. The quantitative estimate of drug-likeness (QED) is 0.142. The molecule has 7 rings (SSSR count). The number of nitrogens with zero attached hydrogens (tertiary/aromatic N) is 4. The first-order valence-electron chi connectivity index (χ1n) is 15.5. The Morgan fingerprint density at radius 1 is 0.958 bits per heavy atom. The van der Waals surface area contributed by atoms with E-state index in [4.69, 9.17) is 19.2 Å². The summed E-state index contributed by atoms with van der Waals surface area (Å²) in [6.45, 7) is 2.04.